The van der Waals surface area contributed by atoms with Crippen LogP contribution in [0.25, 0.3) is 0 Å². The predicted molar refractivity (Wildman–Crippen MR) is 67.8 cm³/mol. The van der Waals surface area contributed by atoms with Gasteiger partial charge in [-0.2, -0.15) is 0 Å². The first kappa shape index (κ1) is 16.0. The zero-order valence-corrected chi connectivity index (χ0v) is 11.4. The second kappa shape index (κ2) is 8.15. The summed E-state index contributed by atoms with van der Waals surface area (Å²) in [5.74, 6) is -0.249. The van der Waals surface area contributed by atoms with Gasteiger partial charge in [-0.3, -0.25) is 9.59 Å². The van der Waals surface area contributed by atoms with Crippen molar-refractivity contribution in [3.63, 3.8) is 0 Å². The van der Waals surface area contributed by atoms with E-state index in [0.717, 1.165) is 12.8 Å². The number of ketones is 3. The first-order valence-corrected chi connectivity index (χ1v) is 6.43. The molecule has 0 radical (unpaired) electrons. The molecule has 0 aromatic heterocycles. The van der Waals surface area contributed by atoms with Crippen LogP contribution in [0.3, 0.4) is 0 Å². The van der Waals surface area contributed by atoms with Crippen LogP contribution < -0.4 is 0 Å². The van der Waals surface area contributed by atoms with Crippen LogP contribution in [0.5, 0.6) is 0 Å². The number of unbranched alkanes of at least 4 members (excludes halogenated alkanes) is 1. The number of carbonyl (C=O) groups excluding carboxylic acids is 3. The van der Waals surface area contributed by atoms with Crippen LogP contribution in [0.2, 0.25) is 0 Å². The van der Waals surface area contributed by atoms with Crippen molar-refractivity contribution in [2.75, 3.05) is 0 Å². The van der Waals surface area contributed by atoms with Crippen LogP contribution in [0.15, 0.2) is 0 Å². The second-order valence-corrected chi connectivity index (χ2v) is 4.95. The summed E-state index contributed by atoms with van der Waals surface area (Å²) in [7, 11) is 0. The fourth-order valence-electron chi connectivity index (χ4n) is 1.76. The molecule has 0 aliphatic carbocycles. The molecule has 0 aliphatic rings. The van der Waals surface area contributed by atoms with Crippen molar-refractivity contribution in [1.29, 1.82) is 0 Å². The van der Waals surface area contributed by atoms with Crippen molar-refractivity contribution in [2.24, 2.45) is 11.8 Å². The van der Waals surface area contributed by atoms with E-state index >= 15 is 0 Å². The number of carbonyl (C=O) groups is 3. The molecular weight excluding hydrogens is 216 g/mol. The standard InChI is InChI=1S/C14H24O3/c1-5-6-7-13(16)11(3)9-14(17)10(2)8-12(4)15/h10-11H,5-9H2,1-4H3. The van der Waals surface area contributed by atoms with E-state index in [9.17, 15) is 14.4 Å². The summed E-state index contributed by atoms with van der Waals surface area (Å²) in [6, 6.07) is 0. The molecule has 0 aromatic carbocycles. The normalized spacial score (nSPS) is 14.1. The van der Waals surface area contributed by atoms with Crippen LogP contribution in [0.4, 0.5) is 0 Å². The Morgan fingerprint density at radius 3 is 1.94 bits per heavy atom. The molecule has 0 N–H and O–H groups in total. The fraction of sp³-hybridized carbons (Fsp3) is 0.786. The van der Waals surface area contributed by atoms with Crippen molar-refractivity contribution in [3.8, 4) is 0 Å². The lowest BCUT2D eigenvalue weighted by atomic mass is 9.90. The van der Waals surface area contributed by atoms with Crippen LogP contribution >= 0.6 is 0 Å². The molecule has 17 heavy (non-hydrogen) atoms. The van der Waals surface area contributed by atoms with Gasteiger partial charge in [-0.1, -0.05) is 27.2 Å². The van der Waals surface area contributed by atoms with Crippen molar-refractivity contribution in [2.45, 2.75) is 59.8 Å². The Kier molecular flexibility index (Phi) is 7.68. The first-order valence-electron chi connectivity index (χ1n) is 6.43. The Bertz CT molecular complexity index is 281. The first-order chi connectivity index (χ1) is 7.88. The molecule has 0 amide bonds. The Balaban J connectivity index is 4.10. The maximum absolute atomic E-state index is 11.8. The van der Waals surface area contributed by atoms with Gasteiger partial charge in [-0.05, 0) is 13.3 Å². The quantitative estimate of drug-likeness (QED) is 0.622. The Morgan fingerprint density at radius 1 is 0.941 bits per heavy atom. The molecular formula is C14H24O3. The molecule has 2 atom stereocenters. The van der Waals surface area contributed by atoms with Gasteiger partial charge in [0.05, 0.1) is 0 Å². The van der Waals surface area contributed by atoms with Gasteiger partial charge in [0.2, 0.25) is 0 Å². The van der Waals surface area contributed by atoms with Gasteiger partial charge in [0.1, 0.15) is 17.3 Å². The Morgan fingerprint density at radius 2 is 1.47 bits per heavy atom. The lowest BCUT2D eigenvalue weighted by Crippen LogP contribution is -2.21. The van der Waals surface area contributed by atoms with E-state index in [1.54, 1.807) is 13.8 Å². The van der Waals surface area contributed by atoms with Gasteiger partial charge in [-0.25, -0.2) is 0 Å². The average molecular weight is 240 g/mol. The topological polar surface area (TPSA) is 51.2 Å². The van der Waals surface area contributed by atoms with Crippen LogP contribution in [0, 0.1) is 11.8 Å². The third kappa shape index (κ3) is 7.03. The summed E-state index contributed by atoms with van der Waals surface area (Å²) in [6.45, 7) is 7.08. The highest BCUT2D eigenvalue weighted by Crippen LogP contribution is 2.15. The summed E-state index contributed by atoms with van der Waals surface area (Å²) in [4.78, 5) is 34.3. The van der Waals surface area contributed by atoms with Crippen molar-refractivity contribution >= 4 is 17.3 Å². The minimum atomic E-state index is -0.256. The summed E-state index contributed by atoms with van der Waals surface area (Å²) < 4.78 is 0. The Labute approximate surface area is 104 Å². The highest BCUT2D eigenvalue weighted by atomic mass is 16.1. The zero-order chi connectivity index (χ0) is 13.4. The lowest BCUT2D eigenvalue weighted by molar-refractivity contribution is -0.130. The van der Waals surface area contributed by atoms with Gasteiger partial charge in [-0.15, -0.1) is 0 Å². The average Bonchev–Trinajstić information content (AvgIpc) is 2.24. The molecule has 2 unspecified atom stereocenters. The number of Topliss-reactive ketones (excluding diaryl/α,β-unsaturated/α-hetero) is 3. The van der Waals surface area contributed by atoms with E-state index in [0.29, 0.717) is 6.42 Å². The summed E-state index contributed by atoms with van der Waals surface area (Å²) in [5, 5.41) is 0. The van der Waals surface area contributed by atoms with Gasteiger partial charge >= 0.3 is 0 Å². The molecule has 3 heteroatoms. The van der Waals surface area contributed by atoms with E-state index in [4.69, 9.17) is 0 Å². The molecule has 0 heterocycles. The maximum Gasteiger partial charge on any atom is 0.136 e. The largest absolute Gasteiger partial charge is 0.300 e. The Hall–Kier alpha value is -0.990. The smallest absolute Gasteiger partial charge is 0.136 e. The lowest BCUT2D eigenvalue weighted by Gasteiger charge is -2.13. The molecule has 0 aromatic rings. The van der Waals surface area contributed by atoms with E-state index in [1.807, 2.05) is 6.92 Å². The van der Waals surface area contributed by atoms with Crippen LogP contribution in [0.1, 0.15) is 59.8 Å². The highest BCUT2D eigenvalue weighted by Gasteiger charge is 2.21. The van der Waals surface area contributed by atoms with E-state index in [1.165, 1.54) is 6.92 Å². The van der Waals surface area contributed by atoms with Crippen LogP contribution in [-0.4, -0.2) is 17.3 Å². The molecule has 0 fully saturated rings. The monoisotopic (exact) mass is 240 g/mol. The van der Waals surface area contributed by atoms with Crippen LogP contribution in [-0.2, 0) is 14.4 Å². The van der Waals surface area contributed by atoms with E-state index in [-0.39, 0.29) is 42.0 Å². The summed E-state index contributed by atoms with van der Waals surface area (Å²) in [5.41, 5.74) is 0. The maximum atomic E-state index is 11.8. The number of hydrogen-bond acceptors (Lipinski definition) is 3. The zero-order valence-electron chi connectivity index (χ0n) is 11.4. The third-order valence-corrected chi connectivity index (χ3v) is 2.98. The number of hydrogen-bond donors (Lipinski definition) is 0. The molecule has 98 valence electrons. The minimum Gasteiger partial charge on any atom is -0.300 e. The number of rotatable bonds is 9. The van der Waals surface area contributed by atoms with Gasteiger partial charge in [0, 0.05) is 31.1 Å². The molecule has 0 spiro atoms. The van der Waals surface area contributed by atoms with Gasteiger partial charge < -0.3 is 4.79 Å². The minimum absolute atomic E-state index is 0.0239. The summed E-state index contributed by atoms with van der Waals surface area (Å²) in [6.07, 6.45) is 3.01. The second-order valence-electron chi connectivity index (χ2n) is 4.95. The van der Waals surface area contributed by atoms with Crippen molar-refractivity contribution in [1.82, 2.24) is 0 Å². The van der Waals surface area contributed by atoms with Crippen molar-refractivity contribution < 1.29 is 14.4 Å². The molecule has 0 bridgehead atoms. The van der Waals surface area contributed by atoms with Crippen molar-refractivity contribution in [3.05, 3.63) is 0 Å². The molecule has 0 saturated heterocycles. The van der Waals surface area contributed by atoms with E-state index < -0.39 is 0 Å². The van der Waals surface area contributed by atoms with Gasteiger partial charge in [0.15, 0.2) is 0 Å². The fourth-order valence-corrected chi connectivity index (χ4v) is 1.76. The molecule has 0 aliphatic heterocycles. The van der Waals surface area contributed by atoms with Gasteiger partial charge in [0.25, 0.3) is 0 Å². The third-order valence-electron chi connectivity index (χ3n) is 2.98. The van der Waals surface area contributed by atoms with E-state index in [2.05, 4.69) is 0 Å². The highest BCUT2D eigenvalue weighted by molar-refractivity contribution is 5.90. The molecule has 0 saturated carbocycles. The predicted octanol–water partition coefficient (Wildman–Crippen LogP) is 2.96. The molecule has 3 nitrogen and oxygen atoms in total. The SMILES string of the molecule is CCCCC(=O)C(C)CC(=O)C(C)CC(C)=O. The summed E-state index contributed by atoms with van der Waals surface area (Å²) >= 11 is 0. The molecule has 0 rings (SSSR count).